The largest absolute Gasteiger partial charge is 0.348 e. The number of nitrogens with two attached hydrogens (primary N) is 1. The maximum atomic E-state index is 5.58. The minimum absolute atomic E-state index is 0.0891. The molecule has 1 saturated heterocycles. The van der Waals surface area contributed by atoms with Crippen LogP contribution in [0.5, 0.6) is 0 Å². The van der Waals surface area contributed by atoms with E-state index >= 15 is 0 Å². The molecule has 0 bridgehead atoms. The lowest BCUT2D eigenvalue weighted by atomic mass is 9.90. The molecule has 1 spiro atoms. The predicted molar refractivity (Wildman–Crippen MR) is 36.5 cm³/mol. The number of hydrogen-bond acceptors (Lipinski definition) is 3. The van der Waals surface area contributed by atoms with E-state index in [0.717, 1.165) is 12.8 Å². The van der Waals surface area contributed by atoms with E-state index in [9.17, 15) is 0 Å². The molecule has 0 aromatic carbocycles. The van der Waals surface area contributed by atoms with Crippen LogP contribution in [0.2, 0.25) is 0 Å². The molecule has 10 heavy (non-hydrogen) atoms. The second-order valence-corrected chi connectivity index (χ2v) is 3.15. The molecule has 2 aliphatic rings. The molecule has 2 rings (SSSR count). The van der Waals surface area contributed by atoms with Crippen LogP contribution in [0, 0.1) is 0 Å². The summed E-state index contributed by atoms with van der Waals surface area (Å²) in [6, 6.07) is 0.0891. The molecule has 1 heterocycles. The third kappa shape index (κ3) is 0.944. The molecule has 3 nitrogen and oxygen atoms in total. The van der Waals surface area contributed by atoms with Gasteiger partial charge in [-0.15, -0.1) is 0 Å². The zero-order valence-corrected chi connectivity index (χ0v) is 6.01. The minimum atomic E-state index is -0.199. The van der Waals surface area contributed by atoms with Crippen molar-refractivity contribution in [2.75, 3.05) is 13.2 Å². The minimum Gasteiger partial charge on any atom is -0.348 e. The van der Waals surface area contributed by atoms with Gasteiger partial charge in [0.2, 0.25) is 0 Å². The first-order chi connectivity index (χ1) is 4.81. The molecule has 1 aliphatic heterocycles. The van der Waals surface area contributed by atoms with Crippen LogP contribution in [0.1, 0.15) is 19.3 Å². The molecule has 0 radical (unpaired) electrons. The van der Waals surface area contributed by atoms with Crippen molar-refractivity contribution in [3.8, 4) is 0 Å². The van der Waals surface area contributed by atoms with Gasteiger partial charge in [0.25, 0.3) is 0 Å². The van der Waals surface area contributed by atoms with Crippen molar-refractivity contribution < 1.29 is 9.47 Å². The van der Waals surface area contributed by atoms with Gasteiger partial charge in [0.1, 0.15) is 0 Å². The summed E-state index contributed by atoms with van der Waals surface area (Å²) in [5.74, 6) is -0.199. The van der Waals surface area contributed by atoms with Crippen molar-refractivity contribution in [3.05, 3.63) is 0 Å². The van der Waals surface area contributed by atoms with Crippen LogP contribution in [0.4, 0.5) is 0 Å². The fourth-order valence-electron chi connectivity index (χ4n) is 1.36. The lowest BCUT2D eigenvalue weighted by molar-refractivity contribution is -0.306. The standard InChI is InChI=1S/C7H13NO2/c8-6-4-9-7(10-5-6)2-1-3-7/h6H,1-5,8H2. The first-order valence-electron chi connectivity index (χ1n) is 3.84. The molecule has 0 aromatic heterocycles. The third-order valence-electron chi connectivity index (χ3n) is 2.24. The quantitative estimate of drug-likeness (QED) is 0.528. The molecule has 58 valence electrons. The van der Waals surface area contributed by atoms with Crippen LogP contribution in [0.25, 0.3) is 0 Å². The molecule has 2 N–H and O–H groups in total. The van der Waals surface area contributed by atoms with Gasteiger partial charge in [-0.25, -0.2) is 0 Å². The van der Waals surface area contributed by atoms with Gasteiger partial charge in [-0.05, 0) is 6.42 Å². The van der Waals surface area contributed by atoms with Crippen LogP contribution in [0.15, 0.2) is 0 Å². The average Bonchev–Trinajstić information content (AvgIpc) is 1.86. The Balaban J connectivity index is 1.90. The Labute approximate surface area is 60.5 Å². The fraction of sp³-hybridized carbons (Fsp3) is 1.00. The third-order valence-corrected chi connectivity index (χ3v) is 2.24. The van der Waals surface area contributed by atoms with Crippen molar-refractivity contribution in [3.63, 3.8) is 0 Å². The summed E-state index contributed by atoms with van der Waals surface area (Å²) in [6.45, 7) is 1.33. The molecule has 1 saturated carbocycles. The molecule has 0 amide bonds. The van der Waals surface area contributed by atoms with Gasteiger partial charge in [-0.2, -0.15) is 0 Å². The van der Waals surface area contributed by atoms with E-state index in [1.165, 1.54) is 6.42 Å². The van der Waals surface area contributed by atoms with Gasteiger partial charge < -0.3 is 15.2 Å². The van der Waals surface area contributed by atoms with Gasteiger partial charge in [0.15, 0.2) is 5.79 Å². The number of hydrogen-bond donors (Lipinski definition) is 1. The molecular formula is C7H13NO2. The van der Waals surface area contributed by atoms with Crippen LogP contribution < -0.4 is 5.73 Å². The van der Waals surface area contributed by atoms with Crippen LogP contribution in [-0.4, -0.2) is 25.0 Å². The fourth-order valence-corrected chi connectivity index (χ4v) is 1.36. The Morgan fingerprint density at radius 2 is 1.80 bits per heavy atom. The summed E-state index contributed by atoms with van der Waals surface area (Å²) < 4.78 is 10.9. The predicted octanol–water partition coefficient (Wildman–Crippen LogP) is 0.241. The normalized spacial score (nSPS) is 32.1. The van der Waals surface area contributed by atoms with E-state index in [2.05, 4.69) is 0 Å². The molecule has 1 aliphatic carbocycles. The summed E-state index contributed by atoms with van der Waals surface area (Å²) in [5, 5.41) is 0. The molecule has 0 unspecified atom stereocenters. The van der Waals surface area contributed by atoms with E-state index in [-0.39, 0.29) is 11.8 Å². The van der Waals surface area contributed by atoms with E-state index in [4.69, 9.17) is 15.2 Å². The lowest BCUT2D eigenvalue weighted by Crippen LogP contribution is -2.52. The molecule has 2 fully saturated rings. The summed E-state index contributed by atoms with van der Waals surface area (Å²) >= 11 is 0. The van der Waals surface area contributed by atoms with Crippen LogP contribution >= 0.6 is 0 Å². The Hall–Kier alpha value is -0.120. The topological polar surface area (TPSA) is 44.5 Å². The molecular weight excluding hydrogens is 130 g/mol. The molecule has 0 atom stereocenters. The second kappa shape index (κ2) is 2.19. The summed E-state index contributed by atoms with van der Waals surface area (Å²) in [6.07, 6.45) is 3.34. The van der Waals surface area contributed by atoms with E-state index < -0.39 is 0 Å². The Morgan fingerprint density at radius 1 is 1.20 bits per heavy atom. The zero-order chi connectivity index (χ0) is 7.03. The summed E-state index contributed by atoms with van der Waals surface area (Å²) in [4.78, 5) is 0. The first-order valence-corrected chi connectivity index (χ1v) is 3.84. The molecule has 3 heteroatoms. The monoisotopic (exact) mass is 143 g/mol. The Kier molecular flexibility index (Phi) is 1.44. The summed E-state index contributed by atoms with van der Waals surface area (Å²) in [5.41, 5.74) is 5.58. The Bertz CT molecular complexity index is 124. The van der Waals surface area contributed by atoms with Crippen LogP contribution in [-0.2, 0) is 9.47 Å². The number of ether oxygens (including phenoxy) is 2. The van der Waals surface area contributed by atoms with E-state index in [1.54, 1.807) is 0 Å². The highest BCUT2D eigenvalue weighted by Crippen LogP contribution is 2.38. The van der Waals surface area contributed by atoms with Crippen molar-refractivity contribution in [1.82, 2.24) is 0 Å². The van der Waals surface area contributed by atoms with Crippen molar-refractivity contribution in [1.29, 1.82) is 0 Å². The van der Waals surface area contributed by atoms with Crippen molar-refractivity contribution in [2.45, 2.75) is 31.1 Å². The van der Waals surface area contributed by atoms with Crippen molar-refractivity contribution in [2.24, 2.45) is 5.73 Å². The first kappa shape index (κ1) is 6.58. The lowest BCUT2D eigenvalue weighted by Gasteiger charge is -2.45. The summed E-state index contributed by atoms with van der Waals surface area (Å²) in [7, 11) is 0. The maximum Gasteiger partial charge on any atom is 0.168 e. The zero-order valence-electron chi connectivity index (χ0n) is 6.01. The van der Waals surface area contributed by atoms with Gasteiger partial charge >= 0.3 is 0 Å². The van der Waals surface area contributed by atoms with E-state index in [0.29, 0.717) is 13.2 Å². The van der Waals surface area contributed by atoms with Gasteiger partial charge in [-0.3, -0.25) is 0 Å². The smallest absolute Gasteiger partial charge is 0.168 e. The van der Waals surface area contributed by atoms with Crippen LogP contribution in [0.3, 0.4) is 0 Å². The SMILES string of the molecule is NC1COC2(CCC2)OC1. The highest BCUT2D eigenvalue weighted by molar-refractivity contribution is 4.84. The van der Waals surface area contributed by atoms with Gasteiger partial charge in [-0.1, -0.05) is 0 Å². The second-order valence-electron chi connectivity index (χ2n) is 3.15. The highest BCUT2D eigenvalue weighted by Gasteiger charge is 2.42. The van der Waals surface area contributed by atoms with Gasteiger partial charge in [0, 0.05) is 12.8 Å². The molecule has 0 aromatic rings. The van der Waals surface area contributed by atoms with E-state index in [1.807, 2.05) is 0 Å². The Morgan fingerprint density at radius 3 is 2.20 bits per heavy atom. The number of rotatable bonds is 0. The maximum absolute atomic E-state index is 5.58. The highest BCUT2D eigenvalue weighted by atomic mass is 16.7. The van der Waals surface area contributed by atoms with Gasteiger partial charge in [0.05, 0.1) is 19.3 Å². The average molecular weight is 143 g/mol. The van der Waals surface area contributed by atoms with Crippen molar-refractivity contribution >= 4 is 0 Å².